The van der Waals surface area contributed by atoms with Crippen LogP contribution in [0.15, 0.2) is 42.5 Å². The van der Waals surface area contributed by atoms with Crippen LogP contribution >= 0.6 is 0 Å². The van der Waals surface area contributed by atoms with E-state index in [0.29, 0.717) is 17.9 Å². The second-order valence-electron chi connectivity index (χ2n) is 4.40. The van der Waals surface area contributed by atoms with Crippen LogP contribution in [-0.4, -0.2) is 11.7 Å². The molecule has 2 nitrogen and oxygen atoms in total. The van der Waals surface area contributed by atoms with Gasteiger partial charge in [-0.1, -0.05) is 35.9 Å². The van der Waals surface area contributed by atoms with Gasteiger partial charge < -0.3 is 9.84 Å². The van der Waals surface area contributed by atoms with Gasteiger partial charge in [-0.3, -0.25) is 0 Å². The molecule has 0 amide bonds. The number of hydrogen-bond donors (Lipinski definition) is 1. The normalized spacial score (nSPS) is 12.2. The monoisotopic (exact) mass is 260 g/mol. The molecule has 0 aliphatic carbocycles. The maximum absolute atomic E-state index is 13.8. The Bertz CT molecular complexity index is 566. The summed E-state index contributed by atoms with van der Waals surface area (Å²) in [6.07, 6.45) is -1.03. The quantitative estimate of drug-likeness (QED) is 0.909. The molecule has 100 valence electrons. The number of halogens is 1. The van der Waals surface area contributed by atoms with E-state index in [2.05, 4.69) is 0 Å². The summed E-state index contributed by atoms with van der Waals surface area (Å²) in [6, 6.07) is 11.9. The molecule has 1 atom stereocenters. The van der Waals surface area contributed by atoms with Crippen molar-refractivity contribution in [2.45, 2.75) is 20.0 Å². The summed E-state index contributed by atoms with van der Waals surface area (Å²) in [7, 11) is 0. The van der Waals surface area contributed by atoms with Gasteiger partial charge in [-0.15, -0.1) is 0 Å². The van der Waals surface area contributed by atoms with Crippen molar-refractivity contribution in [3.8, 4) is 5.75 Å². The first-order valence-electron chi connectivity index (χ1n) is 6.29. The van der Waals surface area contributed by atoms with Gasteiger partial charge in [-0.05, 0) is 26.0 Å². The zero-order valence-electron chi connectivity index (χ0n) is 11.1. The molecule has 0 heterocycles. The minimum absolute atomic E-state index is 0.271. The standard InChI is InChI=1S/C16H17FO2/c1-3-19-15-7-5-4-6-12(15)16(18)13-10-11(2)8-9-14(13)17/h4-10,16,18H,3H2,1-2H3. The van der Waals surface area contributed by atoms with Gasteiger partial charge in [0, 0.05) is 11.1 Å². The topological polar surface area (TPSA) is 29.5 Å². The smallest absolute Gasteiger partial charge is 0.129 e. The van der Waals surface area contributed by atoms with E-state index in [1.807, 2.05) is 19.9 Å². The average Bonchev–Trinajstić information content (AvgIpc) is 2.42. The molecular weight excluding hydrogens is 243 g/mol. The van der Waals surface area contributed by atoms with Gasteiger partial charge in [0.1, 0.15) is 17.7 Å². The first-order chi connectivity index (χ1) is 9.13. The Kier molecular flexibility index (Phi) is 4.17. The van der Waals surface area contributed by atoms with Gasteiger partial charge >= 0.3 is 0 Å². The minimum Gasteiger partial charge on any atom is -0.493 e. The molecule has 2 rings (SSSR count). The zero-order chi connectivity index (χ0) is 13.8. The molecule has 0 spiro atoms. The number of para-hydroxylation sites is 1. The van der Waals surface area contributed by atoms with Crippen LogP contribution in [0.1, 0.15) is 29.7 Å². The predicted molar refractivity (Wildman–Crippen MR) is 72.8 cm³/mol. The fourth-order valence-corrected chi connectivity index (χ4v) is 2.03. The fourth-order valence-electron chi connectivity index (χ4n) is 2.03. The van der Waals surface area contributed by atoms with Crippen LogP contribution in [0.4, 0.5) is 4.39 Å². The van der Waals surface area contributed by atoms with Crippen molar-refractivity contribution in [1.29, 1.82) is 0 Å². The Morgan fingerprint density at radius 2 is 1.89 bits per heavy atom. The van der Waals surface area contributed by atoms with Crippen LogP contribution in [0, 0.1) is 12.7 Å². The number of hydrogen-bond acceptors (Lipinski definition) is 2. The molecule has 0 aromatic heterocycles. The molecule has 3 heteroatoms. The van der Waals surface area contributed by atoms with E-state index in [9.17, 15) is 9.50 Å². The molecule has 0 fully saturated rings. The van der Waals surface area contributed by atoms with Crippen LogP contribution < -0.4 is 4.74 Å². The fraction of sp³-hybridized carbons (Fsp3) is 0.250. The lowest BCUT2D eigenvalue weighted by Gasteiger charge is -2.17. The summed E-state index contributed by atoms with van der Waals surface area (Å²) in [5.41, 5.74) is 1.75. The van der Waals surface area contributed by atoms with Gasteiger partial charge in [-0.2, -0.15) is 0 Å². The third-order valence-electron chi connectivity index (χ3n) is 2.96. The summed E-state index contributed by atoms with van der Waals surface area (Å²) in [5.74, 6) is 0.169. The lowest BCUT2D eigenvalue weighted by Crippen LogP contribution is -2.06. The molecule has 0 saturated heterocycles. The summed E-state index contributed by atoms with van der Waals surface area (Å²) in [4.78, 5) is 0. The van der Waals surface area contributed by atoms with E-state index < -0.39 is 11.9 Å². The number of benzene rings is 2. The van der Waals surface area contributed by atoms with E-state index in [4.69, 9.17) is 4.74 Å². The van der Waals surface area contributed by atoms with Crippen LogP contribution in [0.2, 0.25) is 0 Å². The molecule has 0 bridgehead atoms. The highest BCUT2D eigenvalue weighted by molar-refractivity contribution is 5.41. The molecular formula is C16H17FO2. The summed E-state index contributed by atoms with van der Waals surface area (Å²) < 4.78 is 19.3. The van der Waals surface area contributed by atoms with E-state index in [0.717, 1.165) is 5.56 Å². The van der Waals surface area contributed by atoms with Crippen molar-refractivity contribution in [2.75, 3.05) is 6.61 Å². The third kappa shape index (κ3) is 2.93. The molecule has 0 aliphatic heterocycles. The second kappa shape index (κ2) is 5.85. The van der Waals surface area contributed by atoms with Crippen molar-refractivity contribution < 1.29 is 14.2 Å². The summed E-state index contributed by atoms with van der Waals surface area (Å²) in [5, 5.41) is 10.4. The molecule has 0 saturated carbocycles. The van der Waals surface area contributed by atoms with Crippen LogP contribution in [0.25, 0.3) is 0 Å². The van der Waals surface area contributed by atoms with E-state index in [-0.39, 0.29) is 5.56 Å². The van der Waals surface area contributed by atoms with Gasteiger partial charge in [-0.25, -0.2) is 4.39 Å². The molecule has 1 N–H and O–H groups in total. The summed E-state index contributed by atoms with van der Waals surface area (Å²) in [6.45, 7) is 4.24. The Morgan fingerprint density at radius 1 is 1.16 bits per heavy atom. The summed E-state index contributed by atoms with van der Waals surface area (Å²) >= 11 is 0. The Balaban J connectivity index is 2.43. The Morgan fingerprint density at radius 3 is 2.63 bits per heavy atom. The number of aliphatic hydroxyl groups is 1. The molecule has 0 radical (unpaired) electrons. The first kappa shape index (κ1) is 13.6. The Labute approximate surface area is 112 Å². The maximum Gasteiger partial charge on any atom is 0.129 e. The second-order valence-corrected chi connectivity index (χ2v) is 4.40. The predicted octanol–water partition coefficient (Wildman–Crippen LogP) is 3.61. The van der Waals surface area contributed by atoms with E-state index in [1.54, 1.807) is 30.3 Å². The highest BCUT2D eigenvalue weighted by Gasteiger charge is 2.18. The molecule has 2 aromatic carbocycles. The number of rotatable bonds is 4. The maximum atomic E-state index is 13.8. The van der Waals surface area contributed by atoms with Crippen molar-refractivity contribution in [3.05, 3.63) is 65.0 Å². The van der Waals surface area contributed by atoms with Crippen molar-refractivity contribution in [2.24, 2.45) is 0 Å². The zero-order valence-corrected chi connectivity index (χ0v) is 11.1. The molecule has 19 heavy (non-hydrogen) atoms. The van der Waals surface area contributed by atoms with Gasteiger partial charge in [0.05, 0.1) is 6.61 Å². The lowest BCUT2D eigenvalue weighted by atomic mass is 9.98. The van der Waals surface area contributed by atoms with Crippen LogP contribution in [0.5, 0.6) is 5.75 Å². The lowest BCUT2D eigenvalue weighted by molar-refractivity contribution is 0.207. The van der Waals surface area contributed by atoms with Crippen molar-refractivity contribution in [1.82, 2.24) is 0 Å². The molecule has 0 aliphatic rings. The number of ether oxygens (including phenoxy) is 1. The minimum atomic E-state index is -1.03. The molecule has 2 aromatic rings. The highest BCUT2D eigenvalue weighted by Crippen LogP contribution is 2.31. The molecule has 1 unspecified atom stereocenters. The van der Waals surface area contributed by atoms with E-state index >= 15 is 0 Å². The third-order valence-corrected chi connectivity index (χ3v) is 2.96. The van der Waals surface area contributed by atoms with Gasteiger partial charge in [0.2, 0.25) is 0 Å². The van der Waals surface area contributed by atoms with Crippen molar-refractivity contribution in [3.63, 3.8) is 0 Å². The number of aliphatic hydroxyl groups excluding tert-OH is 1. The van der Waals surface area contributed by atoms with Crippen molar-refractivity contribution >= 4 is 0 Å². The van der Waals surface area contributed by atoms with E-state index in [1.165, 1.54) is 6.07 Å². The van der Waals surface area contributed by atoms with Crippen LogP contribution in [0.3, 0.4) is 0 Å². The SMILES string of the molecule is CCOc1ccccc1C(O)c1cc(C)ccc1F. The Hall–Kier alpha value is -1.87. The number of aryl methyl sites for hydroxylation is 1. The van der Waals surface area contributed by atoms with Gasteiger partial charge in [0.25, 0.3) is 0 Å². The highest BCUT2D eigenvalue weighted by atomic mass is 19.1. The van der Waals surface area contributed by atoms with Crippen LogP contribution in [-0.2, 0) is 0 Å². The average molecular weight is 260 g/mol. The largest absolute Gasteiger partial charge is 0.493 e. The van der Waals surface area contributed by atoms with Gasteiger partial charge in [0.15, 0.2) is 0 Å². The first-order valence-corrected chi connectivity index (χ1v) is 6.29.